The summed E-state index contributed by atoms with van der Waals surface area (Å²) in [6.45, 7) is 4.33. The number of thiocarbonyl (C=S) groups is 1. The number of unbranched alkanes of at least 4 members (excludes halogenated alkanes) is 1. The molecule has 0 aliphatic rings. The molecule has 0 aliphatic carbocycles. The zero-order valence-electron chi connectivity index (χ0n) is 9.98. The molecule has 0 saturated heterocycles. The lowest BCUT2D eigenvalue weighted by atomic mass is 10.4. The highest BCUT2D eigenvalue weighted by molar-refractivity contribution is 7.80. The summed E-state index contributed by atoms with van der Waals surface area (Å²) in [6.07, 6.45) is 5.42. The van der Waals surface area contributed by atoms with Crippen molar-refractivity contribution >= 4 is 23.0 Å². The number of hydrogen-bond donors (Lipinski definition) is 2. The molecule has 1 aromatic rings. The van der Waals surface area contributed by atoms with Crippen LogP contribution in [-0.2, 0) is 4.74 Å². The molecule has 5 nitrogen and oxygen atoms in total. The number of nitrogens with zero attached hydrogens (tertiary/aromatic N) is 2. The highest BCUT2D eigenvalue weighted by Crippen LogP contribution is 2.00. The van der Waals surface area contributed by atoms with Gasteiger partial charge in [0.05, 0.1) is 19.0 Å². The lowest BCUT2D eigenvalue weighted by Crippen LogP contribution is -2.14. The lowest BCUT2D eigenvalue weighted by Gasteiger charge is -2.06. The molecule has 0 bridgehead atoms. The van der Waals surface area contributed by atoms with Crippen molar-refractivity contribution in [2.75, 3.05) is 25.1 Å². The molecule has 0 aromatic carbocycles. The monoisotopic (exact) mass is 254 g/mol. The van der Waals surface area contributed by atoms with Gasteiger partial charge >= 0.3 is 0 Å². The van der Waals surface area contributed by atoms with Gasteiger partial charge in [-0.1, -0.05) is 25.6 Å². The van der Waals surface area contributed by atoms with E-state index in [2.05, 4.69) is 22.2 Å². The molecule has 0 atom stereocenters. The van der Waals surface area contributed by atoms with E-state index in [1.165, 1.54) is 0 Å². The molecular weight excluding hydrogens is 236 g/mol. The van der Waals surface area contributed by atoms with Crippen LogP contribution in [0.2, 0.25) is 0 Å². The molecule has 0 radical (unpaired) electrons. The van der Waals surface area contributed by atoms with E-state index < -0.39 is 0 Å². The molecule has 0 fully saturated rings. The van der Waals surface area contributed by atoms with Gasteiger partial charge in [0.2, 0.25) is 0 Å². The summed E-state index contributed by atoms with van der Waals surface area (Å²) in [4.78, 5) is 8.47. The average Bonchev–Trinajstić information content (AvgIpc) is 2.34. The Morgan fingerprint density at radius 1 is 1.41 bits per heavy atom. The Kier molecular flexibility index (Phi) is 6.42. The van der Waals surface area contributed by atoms with E-state index >= 15 is 0 Å². The first-order chi connectivity index (χ1) is 8.24. The molecule has 17 heavy (non-hydrogen) atoms. The summed E-state index contributed by atoms with van der Waals surface area (Å²) >= 11 is 4.79. The van der Waals surface area contributed by atoms with Crippen LogP contribution in [0.5, 0.6) is 0 Å². The summed E-state index contributed by atoms with van der Waals surface area (Å²) in [5, 5.41) is 3.11. The van der Waals surface area contributed by atoms with E-state index in [1.807, 2.05) is 0 Å². The minimum Gasteiger partial charge on any atom is -0.388 e. The number of nitrogens with one attached hydrogen (secondary N) is 1. The van der Waals surface area contributed by atoms with Gasteiger partial charge in [0.1, 0.15) is 16.5 Å². The summed E-state index contributed by atoms with van der Waals surface area (Å²) < 4.78 is 5.41. The van der Waals surface area contributed by atoms with E-state index in [1.54, 1.807) is 12.4 Å². The van der Waals surface area contributed by atoms with Crippen molar-refractivity contribution in [1.29, 1.82) is 0 Å². The van der Waals surface area contributed by atoms with Crippen LogP contribution in [0.15, 0.2) is 12.4 Å². The Morgan fingerprint density at radius 2 is 2.24 bits per heavy atom. The third-order valence-electron chi connectivity index (χ3n) is 2.10. The van der Waals surface area contributed by atoms with Crippen molar-refractivity contribution < 1.29 is 4.74 Å². The Balaban J connectivity index is 2.21. The third kappa shape index (κ3) is 5.55. The van der Waals surface area contributed by atoms with Gasteiger partial charge in [-0.3, -0.25) is 0 Å². The van der Waals surface area contributed by atoms with Crippen molar-refractivity contribution in [3.8, 4) is 0 Å². The summed E-state index contributed by atoms with van der Waals surface area (Å²) in [5.41, 5.74) is 5.95. The minimum absolute atomic E-state index is 0.256. The maximum atomic E-state index is 5.42. The van der Waals surface area contributed by atoms with Crippen LogP contribution in [-0.4, -0.2) is 34.7 Å². The van der Waals surface area contributed by atoms with Crippen molar-refractivity contribution in [2.24, 2.45) is 5.73 Å². The Hall–Kier alpha value is -1.27. The second-order valence-electron chi connectivity index (χ2n) is 3.54. The molecule has 1 heterocycles. The molecule has 0 unspecified atom stereocenters. The quantitative estimate of drug-likeness (QED) is 0.539. The van der Waals surface area contributed by atoms with Crippen molar-refractivity contribution in [1.82, 2.24) is 9.97 Å². The van der Waals surface area contributed by atoms with Crippen molar-refractivity contribution in [2.45, 2.75) is 19.8 Å². The van der Waals surface area contributed by atoms with Crippen LogP contribution in [0.1, 0.15) is 25.5 Å². The van der Waals surface area contributed by atoms with Gasteiger partial charge in [-0.2, -0.15) is 0 Å². The topological polar surface area (TPSA) is 73.1 Å². The summed E-state index contributed by atoms with van der Waals surface area (Å²) in [6, 6.07) is 0. The van der Waals surface area contributed by atoms with Crippen molar-refractivity contribution in [3.05, 3.63) is 18.1 Å². The summed E-state index contributed by atoms with van der Waals surface area (Å²) in [5.74, 6) is 0.698. The third-order valence-corrected chi connectivity index (χ3v) is 2.31. The normalized spacial score (nSPS) is 10.2. The van der Waals surface area contributed by atoms with Crippen molar-refractivity contribution in [3.63, 3.8) is 0 Å². The highest BCUT2D eigenvalue weighted by Gasteiger charge is 1.99. The molecule has 94 valence electrons. The number of ether oxygens (including phenoxy) is 1. The molecular formula is C11H18N4OS. The zero-order chi connectivity index (χ0) is 12.5. The van der Waals surface area contributed by atoms with Gasteiger partial charge in [0, 0.05) is 13.2 Å². The lowest BCUT2D eigenvalue weighted by molar-refractivity contribution is 0.141. The largest absolute Gasteiger partial charge is 0.388 e. The van der Waals surface area contributed by atoms with Gasteiger partial charge < -0.3 is 15.8 Å². The maximum Gasteiger partial charge on any atom is 0.144 e. The van der Waals surface area contributed by atoms with Crippen LogP contribution in [0.25, 0.3) is 0 Å². The van der Waals surface area contributed by atoms with Gasteiger partial charge in [-0.15, -0.1) is 0 Å². The van der Waals surface area contributed by atoms with Crippen LogP contribution < -0.4 is 11.1 Å². The molecule has 0 aliphatic heterocycles. The van der Waals surface area contributed by atoms with Gasteiger partial charge in [0.25, 0.3) is 0 Å². The fourth-order valence-electron chi connectivity index (χ4n) is 1.15. The first-order valence-electron chi connectivity index (χ1n) is 5.67. The Labute approximate surface area is 107 Å². The second-order valence-corrected chi connectivity index (χ2v) is 3.98. The SMILES string of the molecule is CCCCOCCNc1cnc(C(N)=S)cn1. The Morgan fingerprint density at radius 3 is 2.82 bits per heavy atom. The second kappa shape index (κ2) is 7.92. The number of hydrogen-bond acceptors (Lipinski definition) is 5. The Bertz CT molecular complexity index is 342. The molecule has 3 N–H and O–H groups in total. The number of rotatable bonds is 8. The first kappa shape index (κ1) is 13.8. The molecule has 0 spiro atoms. The van der Waals surface area contributed by atoms with Crippen LogP contribution in [0.4, 0.5) is 5.82 Å². The van der Waals surface area contributed by atoms with Crippen LogP contribution in [0, 0.1) is 0 Å². The average molecular weight is 254 g/mol. The fraction of sp³-hybridized carbons (Fsp3) is 0.545. The van der Waals surface area contributed by atoms with E-state index in [0.29, 0.717) is 24.7 Å². The fourth-order valence-corrected chi connectivity index (χ4v) is 1.25. The van der Waals surface area contributed by atoms with Crippen LogP contribution in [0.3, 0.4) is 0 Å². The van der Waals surface area contributed by atoms with E-state index in [4.69, 9.17) is 22.7 Å². The van der Waals surface area contributed by atoms with Gasteiger partial charge in [-0.05, 0) is 6.42 Å². The molecule has 1 rings (SSSR count). The zero-order valence-corrected chi connectivity index (χ0v) is 10.8. The predicted molar refractivity (Wildman–Crippen MR) is 72.1 cm³/mol. The first-order valence-corrected chi connectivity index (χ1v) is 6.08. The highest BCUT2D eigenvalue weighted by atomic mass is 32.1. The van der Waals surface area contributed by atoms with E-state index in [-0.39, 0.29) is 4.99 Å². The van der Waals surface area contributed by atoms with Gasteiger partial charge in [-0.25, -0.2) is 9.97 Å². The maximum absolute atomic E-state index is 5.42. The number of nitrogens with two attached hydrogens (primary N) is 1. The molecule has 1 aromatic heterocycles. The standard InChI is InChI=1S/C11H18N4OS/c1-2-3-5-16-6-4-13-10-8-14-9(7-15-10)11(12)17/h7-8H,2-6H2,1H3,(H2,12,17)(H,13,15). The predicted octanol–water partition coefficient (Wildman–Crippen LogP) is 1.34. The van der Waals surface area contributed by atoms with E-state index in [9.17, 15) is 0 Å². The molecule has 6 heteroatoms. The minimum atomic E-state index is 0.256. The van der Waals surface area contributed by atoms with Gasteiger partial charge in [0.15, 0.2) is 0 Å². The summed E-state index contributed by atoms with van der Waals surface area (Å²) in [7, 11) is 0. The number of anilines is 1. The van der Waals surface area contributed by atoms with E-state index in [0.717, 1.165) is 19.4 Å². The molecule has 0 saturated carbocycles. The smallest absolute Gasteiger partial charge is 0.144 e. The molecule has 0 amide bonds. The number of aromatic nitrogens is 2. The van der Waals surface area contributed by atoms with Crippen LogP contribution >= 0.6 is 12.2 Å².